The van der Waals surface area contributed by atoms with Gasteiger partial charge in [0.15, 0.2) is 0 Å². The zero-order valence-corrected chi connectivity index (χ0v) is 10.0. The second-order valence-electron chi connectivity index (χ2n) is 4.00. The first-order chi connectivity index (χ1) is 9.40. The number of hydrogen-bond acceptors (Lipinski definition) is 2. The molecule has 0 aliphatic rings. The number of anilines is 2. The van der Waals surface area contributed by atoms with E-state index in [4.69, 9.17) is 5.26 Å². The predicted octanol–water partition coefficient (Wildman–Crippen LogP) is 4.46. The monoisotopic (exact) mass is 280 g/mol. The van der Waals surface area contributed by atoms with Crippen LogP contribution in [0.3, 0.4) is 0 Å². The summed E-state index contributed by atoms with van der Waals surface area (Å²) in [5.41, 5.74) is -0.322. The minimum absolute atomic E-state index is 0.135. The van der Waals surface area contributed by atoms with Crippen LogP contribution in [0.5, 0.6) is 0 Å². The fraction of sp³-hybridized carbons (Fsp3) is 0.0714. The molecule has 0 aliphatic heterocycles. The van der Waals surface area contributed by atoms with Crippen LogP contribution >= 0.6 is 0 Å². The van der Waals surface area contributed by atoms with E-state index in [-0.39, 0.29) is 11.3 Å². The van der Waals surface area contributed by atoms with E-state index in [1.165, 1.54) is 30.3 Å². The largest absolute Gasteiger partial charge is 0.416 e. The lowest BCUT2D eigenvalue weighted by Gasteiger charge is -2.11. The van der Waals surface area contributed by atoms with Gasteiger partial charge in [-0.05, 0) is 42.5 Å². The summed E-state index contributed by atoms with van der Waals surface area (Å²) in [5, 5.41) is 11.7. The van der Waals surface area contributed by atoms with Gasteiger partial charge in [-0.3, -0.25) is 0 Å². The number of nitrogens with zero attached hydrogens (tertiary/aromatic N) is 1. The summed E-state index contributed by atoms with van der Waals surface area (Å²) in [4.78, 5) is 0. The number of nitrogens with one attached hydrogen (secondary N) is 1. The van der Waals surface area contributed by atoms with E-state index < -0.39 is 17.6 Å². The molecule has 0 atom stereocenters. The molecule has 0 aliphatic carbocycles. The molecule has 0 spiro atoms. The van der Waals surface area contributed by atoms with Crippen LogP contribution in [0.2, 0.25) is 0 Å². The summed E-state index contributed by atoms with van der Waals surface area (Å²) in [7, 11) is 0. The van der Waals surface area contributed by atoms with E-state index >= 15 is 0 Å². The number of halogens is 4. The Morgan fingerprint density at radius 2 is 1.65 bits per heavy atom. The van der Waals surface area contributed by atoms with E-state index in [9.17, 15) is 17.6 Å². The van der Waals surface area contributed by atoms with Crippen LogP contribution in [0.1, 0.15) is 11.1 Å². The van der Waals surface area contributed by atoms with Crippen LogP contribution in [-0.2, 0) is 6.18 Å². The summed E-state index contributed by atoms with van der Waals surface area (Å²) >= 11 is 0. The third-order valence-electron chi connectivity index (χ3n) is 2.59. The summed E-state index contributed by atoms with van der Waals surface area (Å²) in [6.07, 6.45) is -4.50. The Balaban J connectivity index is 2.33. The van der Waals surface area contributed by atoms with Crippen molar-refractivity contribution in [3.8, 4) is 6.07 Å². The predicted molar refractivity (Wildman–Crippen MR) is 65.8 cm³/mol. The van der Waals surface area contributed by atoms with Gasteiger partial charge in [0.05, 0.1) is 16.8 Å². The molecular weight excluding hydrogens is 272 g/mol. The van der Waals surface area contributed by atoms with E-state index in [2.05, 4.69) is 5.32 Å². The second kappa shape index (κ2) is 5.21. The van der Waals surface area contributed by atoms with E-state index in [1.807, 2.05) is 0 Å². The van der Waals surface area contributed by atoms with Crippen LogP contribution in [0, 0.1) is 17.1 Å². The van der Waals surface area contributed by atoms with Crippen molar-refractivity contribution in [3.63, 3.8) is 0 Å². The van der Waals surface area contributed by atoms with Gasteiger partial charge in [0.25, 0.3) is 0 Å². The summed E-state index contributed by atoms with van der Waals surface area (Å²) in [6, 6.07) is 9.79. The maximum absolute atomic E-state index is 12.7. The van der Waals surface area contributed by atoms with E-state index in [1.54, 1.807) is 6.07 Å². The molecule has 0 saturated carbocycles. The first-order valence-corrected chi connectivity index (χ1v) is 5.54. The third-order valence-corrected chi connectivity index (χ3v) is 2.59. The molecule has 2 aromatic rings. The topological polar surface area (TPSA) is 35.8 Å². The van der Waals surface area contributed by atoms with Gasteiger partial charge in [-0.15, -0.1) is 0 Å². The zero-order chi connectivity index (χ0) is 14.8. The molecule has 0 radical (unpaired) electrons. The summed E-state index contributed by atoms with van der Waals surface area (Å²) in [6.45, 7) is 0. The molecule has 0 aromatic heterocycles. The number of benzene rings is 2. The van der Waals surface area contributed by atoms with Gasteiger partial charge in [-0.2, -0.15) is 18.4 Å². The average molecular weight is 280 g/mol. The molecule has 2 rings (SSSR count). The molecule has 6 heteroatoms. The number of hydrogen-bond donors (Lipinski definition) is 1. The van der Waals surface area contributed by atoms with E-state index in [0.717, 1.165) is 12.1 Å². The number of rotatable bonds is 2. The van der Waals surface area contributed by atoms with Gasteiger partial charge in [0.1, 0.15) is 11.9 Å². The van der Waals surface area contributed by atoms with Crippen molar-refractivity contribution >= 4 is 11.4 Å². The smallest absolute Gasteiger partial charge is 0.354 e. The van der Waals surface area contributed by atoms with Crippen LogP contribution in [-0.4, -0.2) is 0 Å². The van der Waals surface area contributed by atoms with Gasteiger partial charge in [0.2, 0.25) is 0 Å². The fourth-order valence-electron chi connectivity index (χ4n) is 1.61. The minimum atomic E-state index is -4.50. The highest BCUT2D eigenvalue weighted by Gasteiger charge is 2.31. The Bertz CT molecular complexity index is 654. The quantitative estimate of drug-likeness (QED) is 0.824. The van der Waals surface area contributed by atoms with Crippen LogP contribution in [0.25, 0.3) is 0 Å². The zero-order valence-electron chi connectivity index (χ0n) is 10.0. The SMILES string of the molecule is N#Cc1cc(C(F)(F)F)ccc1Nc1ccc(F)cc1. The highest BCUT2D eigenvalue weighted by molar-refractivity contribution is 5.67. The molecular formula is C14H8F4N2. The van der Waals surface area contributed by atoms with E-state index in [0.29, 0.717) is 5.69 Å². The molecule has 20 heavy (non-hydrogen) atoms. The van der Waals surface area contributed by atoms with Crippen molar-refractivity contribution < 1.29 is 17.6 Å². The molecule has 0 bridgehead atoms. The summed E-state index contributed by atoms with van der Waals surface area (Å²) in [5.74, 6) is -0.427. The highest BCUT2D eigenvalue weighted by atomic mass is 19.4. The second-order valence-corrected chi connectivity index (χ2v) is 4.00. The molecule has 0 fully saturated rings. The first-order valence-electron chi connectivity index (χ1n) is 5.54. The normalized spacial score (nSPS) is 10.9. The van der Waals surface area contributed by atoms with Gasteiger partial charge >= 0.3 is 6.18 Å². The molecule has 0 unspecified atom stereocenters. The van der Waals surface area contributed by atoms with Gasteiger partial charge in [-0.1, -0.05) is 0 Å². The maximum Gasteiger partial charge on any atom is 0.416 e. The Hall–Kier alpha value is -2.55. The lowest BCUT2D eigenvalue weighted by atomic mass is 10.1. The lowest BCUT2D eigenvalue weighted by molar-refractivity contribution is -0.137. The first kappa shape index (κ1) is 13.9. The van der Waals surface area contributed by atoms with Crippen molar-refractivity contribution in [2.75, 3.05) is 5.32 Å². The molecule has 2 nitrogen and oxygen atoms in total. The van der Waals surface area contributed by atoms with Crippen molar-refractivity contribution in [1.29, 1.82) is 5.26 Å². The fourth-order valence-corrected chi connectivity index (χ4v) is 1.61. The maximum atomic E-state index is 12.7. The average Bonchev–Trinajstić information content (AvgIpc) is 2.40. The Morgan fingerprint density at radius 3 is 2.20 bits per heavy atom. The molecule has 1 N–H and O–H groups in total. The number of alkyl halides is 3. The van der Waals surface area contributed by atoms with Gasteiger partial charge < -0.3 is 5.32 Å². The minimum Gasteiger partial charge on any atom is -0.354 e. The van der Waals surface area contributed by atoms with Gasteiger partial charge in [-0.25, -0.2) is 4.39 Å². The summed E-state index contributed by atoms with van der Waals surface area (Å²) < 4.78 is 50.4. The Morgan fingerprint density at radius 1 is 1.00 bits per heavy atom. The molecule has 102 valence electrons. The van der Waals surface area contributed by atoms with Crippen molar-refractivity contribution in [2.45, 2.75) is 6.18 Å². The molecule has 0 heterocycles. The Labute approximate surface area is 112 Å². The molecule has 0 saturated heterocycles. The van der Waals surface area contributed by atoms with Crippen LogP contribution < -0.4 is 5.32 Å². The lowest BCUT2D eigenvalue weighted by Crippen LogP contribution is -2.06. The standard InChI is InChI=1S/C14H8F4N2/c15-11-2-4-12(5-3-11)20-13-6-1-10(14(16,17)18)7-9(13)8-19/h1-7,20H. The van der Waals surface area contributed by atoms with Crippen molar-refractivity contribution in [1.82, 2.24) is 0 Å². The third kappa shape index (κ3) is 3.06. The van der Waals surface area contributed by atoms with Gasteiger partial charge in [0, 0.05) is 5.69 Å². The van der Waals surface area contributed by atoms with Crippen LogP contribution in [0.15, 0.2) is 42.5 Å². The Kier molecular flexibility index (Phi) is 3.61. The molecule has 2 aromatic carbocycles. The van der Waals surface area contributed by atoms with Crippen LogP contribution in [0.4, 0.5) is 28.9 Å². The van der Waals surface area contributed by atoms with Crippen molar-refractivity contribution in [2.24, 2.45) is 0 Å². The number of nitriles is 1. The molecule has 0 amide bonds. The van der Waals surface area contributed by atoms with Crippen molar-refractivity contribution in [3.05, 3.63) is 59.4 Å². The highest BCUT2D eigenvalue weighted by Crippen LogP contribution is 2.32.